The minimum absolute atomic E-state index is 0.0933. The molecule has 5 nitrogen and oxygen atoms in total. The first kappa shape index (κ1) is 17.2. The first-order valence-electron chi connectivity index (χ1n) is 9.79. The average Bonchev–Trinajstić information content (AvgIpc) is 3.36. The Kier molecular flexibility index (Phi) is 3.86. The lowest BCUT2D eigenvalue weighted by molar-refractivity contribution is -0.123. The molecule has 2 aromatic carbocycles. The van der Waals surface area contributed by atoms with Gasteiger partial charge in [-0.2, -0.15) is 0 Å². The summed E-state index contributed by atoms with van der Waals surface area (Å²) in [4.78, 5) is 39.6. The van der Waals surface area contributed by atoms with Crippen LogP contribution in [0.1, 0.15) is 35.2 Å². The highest BCUT2D eigenvalue weighted by molar-refractivity contribution is 6.22. The standard InChI is InChI=1S/C23H21NO4/c1-13-5-7-14(8-6-13)23(27)28-18-4-2-3-17(12-18)24-21(25)19-15-9-10-16(11-15)20(19)22(24)26/h2-8,12,15-16,19-20H,9-11H2,1H3/t15-,16+,19-,20-/m0/s1. The number of benzene rings is 2. The topological polar surface area (TPSA) is 63.7 Å². The van der Waals surface area contributed by atoms with Crippen LogP contribution in [0.15, 0.2) is 48.5 Å². The van der Waals surface area contributed by atoms with Crippen LogP contribution in [0.3, 0.4) is 0 Å². The number of fused-ring (bicyclic) bond motifs is 5. The highest BCUT2D eigenvalue weighted by Crippen LogP contribution is 2.56. The summed E-state index contributed by atoms with van der Waals surface area (Å²) >= 11 is 0. The maximum Gasteiger partial charge on any atom is 0.343 e. The number of esters is 1. The normalized spacial score (nSPS) is 28.0. The Bertz CT molecular complexity index is 952. The predicted molar refractivity (Wildman–Crippen MR) is 103 cm³/mol. The van der Waals surface area contributed by atoms with Crippen LogP contribution in [-0.2, 0) is 9.59 Å². The van der Waals surface area contributed by atoms with Crippen LogP contribution in [0.2, 0.25) is 0 Å². The van der Waals surface area contributed by atoms with Gasteiger partial charge in [-0.25, -0.2) is 9.69 Å². The summed E-state index contributed by atoms with van der Waals surface area (Å²) in [5.74, 6) is 0.0382. The Balaban J connectivity index is 1.39. The number of ether oxygens (including phenoxy) is 1. The second-order valence-corrected chi connectivity index (χ2v) is 8.15. The van der Waals surface area contributed by atoms with Crippen molar-refractivity contribution in [1.29, 1.82) is 0 Å². The van der Waals surface area contributed by atoms with Crippen LogP contribution in [0.4, 0.5) is 5.69 Å². The molecular weight excluding hydrogens is 354 g/mol. The molecule has 2 bridgehead atoms. The Morgan fingerprint density at radius 1 is 0.964 bits per heavy atom. The maximum atomic E-state index is 13.0. The molecule has 1 saturated heterocycles. The average molecular weight is 375 g/mol. The largest absolute Gasteiger partial charge is 0.423 e. The van der Waals surface area contributed by atoms with Crippen molar-refractivity contribution in [2.45, 2.75) is 26.2 Å². The monoisotopic (exact) mass is 375 g/mol. The highest BCUT2D eigenvalue weighted by atomic mass is 16.5. The van der Waals surface area contributed by atoms with Gasteiger partial charge in [-0.1, -0.05) is 23.8 Å². The van der Waals surface area contributed by atoms with Crippen LogP contribution in [0.5, 0.6) is 5.75 Å². The van der Waals surface area contributed by atoms with Gasteiger partial charge in [0.1, 0.15) is 5.75 Å². The predicted octanol–water partition coefficient (Wildman–Crippen LogP) is 3.75. The SMILES string of the molecule is Cc1ccc(C(=O)Oc2cccc(N3C(=O)[C@H]4[C@@H]5CC[C@@H](C5)[C@@H]4C3=O)c2)cc1. The van der Waals surface area contributed by atoms with E-state index in [4.69, 9.17) is 4.74 Å². The molecule has 0 unspecified atom stereocenters. The summed E-state index contributed by atoms with van der Waals surface area (Å²) < 4.78 is 5.47. The fraction of sp³-hybridized carbons (Fsp3) is 0.348. The summed E-state index contributed by atoms with van der Waals surface area (Å²) in [5.41, 5.74) is 2.00. The zero-order chi connectivity index (χ0) is 19.4. The van der Waals surface area contributed by atoms with Crippen molar-refractivity contribution in [2.24, 2.45) is 23.7 Å². The van der Waals surface area contributed by atoms with Gasteiger partial charge in [0.15, 0.2) is 0 Å². The Labute approximate surface area is 163 Å². The molecule has 1 heterocycles. The van der Waals surface area contributed by atoms with Crippen molar-refractivity contribution in [3.63, 3.8) is 0 Å². The minimum Gasteiger partial charge on any atom is -0.423 e. The lowest BCUT2D eigenvalue weighted by Gasteiger charge is -2.19. The smallest absolute Gasteiger partial charge is 0.343 e. The summed E-state index contributed by atoms with van der Waals surface area (Å²) in [6.45, 7) is 1.95. The van der Waals surface area contributed by atoms with Gasteiger partial charge < -0.3 is 4.74 Å². The van der Waals surface area contributed by atoms with Gasteiger partial charge in [-0.15, -0.1) is 0 Å². The summed E-state index contributed by atoms with van der Waals surface area (Å²) in [7, 11) is 0. The van der Waals surface area contributed by atoms with Crippen LogP contribution in [-0.4, -0.2) is 17.8 Å². The van der Waals surface area contributed by atoms with Gasteiger partial charge in [-0.3, -0.25) is 9.59 Å². The Morgan fingerprint density at radius 2 is 1.61 bits per heavy atom. The number of nitrogens with zero attached hydrogens (tertiary/aromatic N) is 1. The molecule has 2 amide bonds. The third-order valence-corrected chi connectivity index (χ3v) is 6.50. The number of carbonyl (C=O) groups excluding carboxylic acids is 3. The number of hydrogen-bond donors (Lipinski definition) is 0. The van der Waals surface area contributed by atoms with Crippen molar-refractivity contribution in [3.05, 3.63) is 59.7 Å². The van der Waals surface area contributed by atoms with Crippen molar-refractivity contribution < 1.29 is 19.1 Å². The van der Waals surface area contributed by atoms with E-state index in [2.05, 4.69) is 0 Å². The third kappa shape index (κ3) is 2.57. The van der Waals surface area contributed by atoms with Gasteiger partial charge in [0.05, 0.1) is 23.1 Å². The Morgan fingerprint density at radius 3 is 2.25 bits per heavy atom. The van der Waals surface area contributed by atoms with Gasteiger partial charge in [0.2, 0.25) is 11.8 Å². The lowest BCUT2D eigenvalue weighted by atomic mass is 9.81. The summed E-state index contributed by atoms with van der Waals surface area (Å²) in [5, 5.41) is 0. The zero-order valence-corrected chi connectivity index (χ0v) is 15.6. The third-order valence-electron chi connectivity index (χ3n) is 6.50. The van der Waals surface area contributed by atoms with Crippen LogP contribution < -0.4 is 9.64 Å². The molecule has 0 N–H and O–H groups in total. The molecule has 2 saturated carbocycles. The van der Waals surface area contributed by atoms with Crippen molar-refractivity contribution in [2.75, 3.05) is 4.90 Å². The van der Waals surface area contributed by atoms with E-state index in [0.717, 1.165) is 24.8 Å². The number of anilines is 1. The van der Waals surface area contributed by atoms with E-state index in [1.807, 2.05) is 19.1 Å². The van der Waals surface area contributed by atoms with E-state index in [1.165, 1.54) is 4.90 Å². The summed E-state index contributed by atoms with van der Waals surface area (Å²) in [6, 6.07) is 13.8. The number of amides is 2. The second-order valence-electron chi connectivity index (χ2n) is 8.15. The molecule has 142 valence electrons. The fourth-order valence-electron chi connectivity index (χ4n) is 5.20. The van der Waals surface area contributed by atoms with Gasteiger partial charge >= 0.3 is 5.97 Å². The van der Waals surface area contributed by atoms with Crippen molar-refractivity contribution >= 4 is 23.5 Å². The number of imide groups is 1. The van der Waals surface area contributed by atoms with Crippen molar-refractivity contribution in [1.82, 2.24) is 0 Å². The quantitative estimate of drug-likeness (QED) is 0.466. The molecular formula is C23H21NO4. The van der Waals surface area contributed by atoms with Gasteiger partial charge in [0, 0.05) is 6.07 Å². The lowest BCUT2D eigenvalue weighted by Crippen LogP contribution is -2.32. The number of rotatable bonds is 3. The van der Waals surface area contributed by atoms with E-state index < -0.39 is 5.97 Å². The first-order chi connectivity index (χ1) is 13.5. The van der Waals surface area contributed by atoms with Crippen LogP contribution >= 0.6 is 0 Å². The molecule has 0 radical (unpaired) electrons. The van der Waals surface area contributed by atoms with Crippen LogP contribution in [0, 0.1) is 30.6 Å². The number of carbonyl (C=O) groups is 3. The molecule has 5 heteroatoms. The molecule has 28 heavy (non-hydrogen) atoms. The molecule has 2 aromatic rings. The highest BCUT2D eigenvalue weighted by Gasteiger charge is 2.61. The van der Waals surface area contributed by atoms with E-state index in [1.54, 1.807) is 36.4 Å². The van der Waals surface area contributed by atoms with E-state index in [0.29, 0.717) is 28.8 Å². The molecule has 3 fully saturated rings. The fourth-order valence-corrected chi connectivity index (χ4v) is 5.20. The molecule has 0 aromatic heterocycles. The molecule has 2 aliphatic carbocycles. The van der Waals surface area contributed by atoms with E-state index >= 15 is 0 Å². The molecule has 1 aliphatic heterocycles. The van der Waals surface area contributed by atoms with Crippen LogP contribution in [0.25, 0.3) is 0 Å². The van der Waals surface area contributed by atoms with Gasteiger partial charge in [0.25, 0.3) is 0 Å². The number of aryl methyl sites for hydroxylation is 1. The summed E-state index contributed by atoms with van der Waals surface area (Å²) in [6.07, 6.45) is 3.11. The first-order valence-corrected chi connectivity index (χ1v) is 9.79. The second kappa shape index (κ2) is 6.30. The minimum atomic E-state index is -0.467. The maximum absolute atomic E-state index is 13.0. The van der Waals surface area contributed by atoms with E-state index in [9.17, 15) is 14.4 Å². The number of hydrogen-bond acceptors (Lipinski definition) is 4. The molecule has 4 atom stereocenters. The van der Waals surface area contributed by atoms with Gasteiger partial charge in [-0.05, 0) is 62.3 Å². The molecule has 5 rings (SSSR count). The molecule has 3 aliphatic rings. The zero-order valence-electron chi connectivity index (χ0n) is 15.6. The van der Waals surface area contributed by atoms with Crippen molar-refractivity contribution in [3.8, 4) is 5.75 Å². The molecule has 0 spiro atoms. The Hall–Kier alpha value is -2.95. The van der Waals surface area contributed by atoms with E-state index in [-0.39, 0.29) is 23.7 Å².